The highest BCUT2D eigenvalue weighted by Crippen LogP contribution is 2.25. The van der Waals surface area contributed by atoms with E-state index in [1.165, 1.54) is 41.6 Å². The Labute approximate surface area is 160 Å². The highest BCUT2D eigenvalue weighted by atomic mass is 32.2. The molecule has 1 fully saturated rings. The number of sulfonamides is 1. The van der Waals surface area contributed by atoms with Crippen LogP contribution in [0.3, 0.4) is 0 Å². The van der Waals surface area contributed by atoms with Crippen LogP contribution in [0.15, 0.2) is 41.8 Å². The van der Waals surface area contributed by atoms with E-state index in [0.717, 1.165) is 19.3 Å². The van der Waals surface area contributed by atoms with E-state index in [1.807, 2.05) is 6.92 Å². The molecule has 1 N–H and O–H groups in total. The van der Waals surface area contributed by atoms with E-state index < -0.39 is 28.0 Å². The van der Waals surface area contributed by atoms with Gasteiger partial charge in [-0.05, 0) is 44.9 Å². The van der Waals surface area contributed by atoms with Crippen LogP contribution >= 0.6 is 0 Å². The fourth-order valence-corrected chi connectivity index (χ4v) is 4.69. The second kappa shape index (κ2) is 9.14. The van der Waals surface area contributed by atoms with E-state index >= 15 is 0 Å². The van der Waals surface area contributed by atoms with E-state index in [0.29, 0.717) is 6.54 Å². The lowest BCUT2D eigenvalue weighted by Gasteiger charge is -2.32. The smallest absolute Gasteiger partial charge is 0.338 e. The number of carbonyl (C=O) groups excluding carboxylic acids is 2. The SMILES string of the molecule is C=CCNC(=O)[C@H](C)OC(=O)c1cccc(S(=O)(=O)N2CCCC[C@@H]2C)c1. The molecule has 1 saturated heterocycles. The van der Waals surface area contributed by atoms with Gasteiger partial charge in [0, 0.05) is 19.1 Å². The van der Waals surface area contributed by atoms with Gasteiger partial charge in [0.15, 0.2) is 6.10 Å². The van der Waals surface area contributed by atoms with Gasteiger partial charge in [0.2, 0.25) is 10.0 Å². The minimum atomic E-state index is -3.69. The molecule has 7 nitrogen and oxygen atoms in total. The third-order valence-corrected chi connectivity index (χ3v) is 6.50. The van der Waals surface area contributed by atoms with Crippen LogP contribution in [0.4, 0.5) is 0 Å². The highest BCUT2D eigenvalue weighted by Gasteiger charge is 2.31. The van der Waals surface area contributed by atoms with Crippen molar-refractivity contribution in [1.29, 1.82) is 0 Å². The molecule has 1 heterocycles. The van der Waals surface area contributed by atoms with Crippen LogP contribution in [0.2, 0.25) is 0 Å². The fourth-order valence-electron chi connectivity index (χ4n) is 2.95. The number of piperidine rings is 1. The van der Waals surface area contributed by atoms with Gasteiger partial charge < -0.3 is 10.1 Å². The van der Waals surface area contributed by atoms with Crippen LogP contribution < -0.4 is 5.32 Å². The van der Waals surface area contributed by atoms with Crippen molar-refractivity contribution >= 4 is 21.9 Å². The summed E-state index contributed by atoms with van der Waals surface area (Å²) in [6, 6.07) is 5.66. The van der Waals surface area contributed by atoms with E-state index in [2.05, 4.69) is 11.9 Å². The van der Waals surface area contributed by atoms with E-state index in [1.54, 1.807) is 0 Å². The number of nitrogens with zero attached hydrogens (tertiary/aromatic N) is 1. The Morgan fingerprint density at radius 1 is 1.41 bits per heavy atom. The number of amides is 1. The summed E-state index contributed by atoms with van der Waals surface area (Å²) in [5.74, 6) is -1.20. The predicted molar refractivity (Wildman–Crippen MR) is 102 cm³/mol. The number of hydrogen-bond donors (Lipinski definition) is 1. The van der Waals surface area contributed by atoms with Crippen LogP contribution in [0.1, 0.15) is 43.5 Å². The summed E-state index contributed by atoms with van der Waals surface area (Å²) in [6.07, 6.45) is 3.16. The third-order valence-electron chi connectivity index (χ3n) is 4.49. The van der Waals surface area contributed by atoms with Gasteiger partial charge in [-0.25, -0.2) is 13.2 Å². The molecule has 1 aliphatic heterocycles. The Kier molecular flexibility index (Phi) is 7.15. The number of rotatable bonds is 7. The van der Waals surface area contributed by atoms with Gasteiger partial charge in [0.05, 0.1) is 10.5 Å². The number of esters is 1. The van der Waals surface area contributed by atoms with E-state index in [9.17, 15) is 18.0 Å². The van der Waals surface area contributed by atoms with E-state index in [-0.39, 0.29) is 23.0 Å². The zero-order valence-electron chi connectivity index (χ0n) is 15.7. The first kappa shape index (κ1) is 21.1. The molecule has 0 aromatic heterocycles. The molecule has 0 spiro atoms. The molecule has 2 rings (SSSR count). The van der Waals surface area contributed by atoms with Gasteiger partial charge >= 0.3 is 5.97 Å². The maximum absolute atomic E-state index is 12.9. The van der Waals surface area contributed by atoms with Crippen LogP contribution in [-0.4, -0.2) is 49.8 Å². The van der Waals surface area contributed by atoms with E-state index in [4.69, 9.17) is 4.74 Å². The van der Waals surface area contributed by atoms with Crippen LogP contribution in [-0.2, 0) is 19.6 Å². The van der Waals surface area contributed by atoms with Gasteiger partial charge in [0.25, 0.3) is 5.91 Å². The lowest BCUT2D eigenvalue weighted by molar-refractivity contribution is -0.128. The van der Waals surface area contributed by atoms with Gasteiger partial charge in [0.1, 0.15) is 0 Å². The summed E-state index contributed by atoms with van der Waals surface area (Å²) in [7, 11) is -3.69. The molecule has 1 aromatic carbocycles. The molecule has 1 aliphatic rings. The van der Waals surface area contributed by atoms with Crippen molar-refractivity contribution in [3.63, 3.8) is 0 Å². The van der Waals surface area contributed by atoms with Crippen molar-refractivity contribution in [2.24, 2.45) is 0 Å². The van der Waals surface area contributed by atoms with Crippen LogP contribution in [0.5, 0.6) is 0 Å². The second-order valence-electron chi connectivity index (χ2n) is 6.57. The summed E-state index contributed by atoms with van der Waals surface area (Å²) >= 11 is 0. The molecule has 2 atom stereocenters. The van der Waals surface area contributed by atoms with Gasteiger partial charge in [-0.3, -0.25) is 4.79 Å². The number of hydrogen-bond acceptors (Lipinski definition) is 5. The Hall–Kier alpha value is -2.19. The average molecular weight is 394 g/mol. The standard InChI is InChI=1S/C19H26N2O5S/c1-4-11-20-18(22)15(3)26-19(23)16-9-7-10-17(13-16)27(24,25)21-12-6-5-8-14(21)2/h4,7,9-10,13-15H,1,5-6,8,11-12H2,2-3H3,(H,20,22)/t14-,15-/m0/s1. The van der Waals surface area contributed by atoms with Crippen LogP contribution in [0.25, 0.3) is 0 Å². The minimum Gasteiger partial charge on any atom is -0.449 e. The van der Waals surface area contributed by atoms with Crippen molar-refractivity contribution < 1.29 is 22.7 Å². The zero-order chi connectivity index (χ0) is 20.0. The number of benzene rings is 1. The molecule has 1 aromatic rings. The summed E-state index contributed by atoms with van der Waals surface area (Å²) in [6.45, 7) is 7.57. The van der Waals surface area contributed by atoms with Gasteiger partial charge in [-0.1, -0.05) is 18.6 Å². The molecule has 0 saturated carbocycles. The number of carbonyl (C=O) groups is 2. The zero-order valence-corrected chi connectivity index (χ0v) is 16.5. The molecule has 27 heavy (non-hydrogen) atoms. The Morgan fingerprint density at radius 2 is 2.15 bits per heavy atom. The number of ether oxygens (including phenoxy) is 1. The first-order chi connectivity index (χ1) is 12.8. The first-order valence-corrected chi connectivity index (χ1v) is 10.4. The van der Waals surface area contributed by atoms with Crippen molar-refractivity contribution in [3.05, 3.63) is 42.5 Å². The molecule has 0 aliphatic carbocycles. The maximum Gasteiger partial charge on any atom is 0.338 e. The molecular weight excluding hydrogens is 368 g/mol. The monoisotopic (exact) mass is 394 g/mol. The first-order valence-electron chi connectivity index (χ1n) is 8.99. The molecule has 0 bridgehead atoms. The average Bonchev–Trinajstić information content (AvgIpc) is 2.66. The lowest BCUT2D eigenvalue weighted by Crippen LogP contribution is -2.42. The van der Waals surface area contributed by atoms with Crippen molar-refractivity contribution in [2.75, 3.05) is 13.1 Å². The fraction of sp³-hybridized carbons (Fsp3) is 0.474. The molecule has 1 amide bonds. The number of nitrogens with one attached hydrogen (secondary N) is 1. The normalized spacial score (nSPS) is 19.1. The molecule has 0 radical (unpaired) electrons. The maximum atomic E-state index is 12.9. The lowest BCUT2D eigenvalue weighted by atomic mass is 10.1. The third kappa shape index (κ3) is 5.17. The second-order valence-corrected chi connectivity index (χ2v) is 8.46. The quantitative estimate of drug-likeness (QED) is 0.565. The summed E-state index contributed by atoms with van der Waals surface area (Å²) in [5.41, 5.74) is 0.0871. The topological polar surface area (TPSA) is 92.8 Å². The van der Waals surface area contributed by atoms with Crippen molar-refractivity contribution in [1.82, 2.24) is 9.62 Å². The Balaban J connectivity index is 2.15. The largest absolute Gasteiger partial charge is 0.449 e. The Morgan fingerprint density at radius 3 is 2.81 bits per heavy atom. The molecule has 8 heteroatoms. The van der Waals surface area contributed by atoms with Crippen LogP contribution in [0, 0.1) is 0 Å². The van der Waals surface area contributed by atoms with Crippen molar-refractivity contribution in [3.8, 4) is 0 Å². The predicted octanol–water partition coefficient (Wildman–Crippen LogP) is 2.10. The minimum absolute atomic E-state index is 0.0504. The highest BCUT2D eigenvalue weighted by molar-refractivity contribution is 7.89. The van der Waals surface area contributed by atoms with Gasteiger partial charge in [-0.2, -0.15) is 4.31 Å². The molecule has 0 unspecified atom stereocenters. The summed E-state index contributed by atoms with van der Waals surface area (Å²) < 4.78 is 32.5. The summed E-state index contributed by atoms with van der Waals surface area (Å²) in [4.78, 5) is 24.2. The summed E-state index contributed by atoms with van der Waals surface area (Å²) in [5, 5.41) is 2.54. The molecule has 148 valence electrons. The van der Waals surface area contributed by atoms with Gasteiger partial charge in [-0.15, -0.1) is 6.58 Å². The van der Waals surface area contributed by atoms with Crippen molar-refractivity contribution in [2.45, 2.75) is 50.2 Å². The Bertz CT molecular complexity index is 806. The molecular formula is C19H26N2O5S.